The van der Waals surface area contributed by atoms with Gasteiger partial charge in [-0.2, -0.15) is 0 Å². The van der Waals surface area contributed by atoms with E-state index in [1.165, 1.54) is 0 Å². The van der Waals surface area contributed by atoms with E-state index in [1.54, 1.807) is 30.3 Å². The third-order valence-corrected chi connectivity index (χ3v) is 4.62. The van der Waals surface area contributed by atoms with Gasteiger partial charge in [0.1, 0.15) is 6.04 Å². The maximum atomic E-state index is 12.6. The summed E-state index contributed by atoms with van der Waals surface area (Å²) in [5.41, 5.74) is 1.25. The highest BCUT2D eigenvalue weighted by molar-refractivity contribution is 5.99. The van der Waals surface area contributed by atoms with Gasteiger partial charge in [-0.3, -0.25) is 19.3 Å². The smallest absolute Gasteiger partial charge is 0.329 e. The molecule has 0 aliphatic carbocycles. The lowest BCUT2D eigenvalue weighted by molar-refractivity contribution is -0.155. The minimum atomic E-state index is -0.966. The molecule has 0 saturated carbocycles. The van der Waals surface area contributed by atoms with Crippen LogP contribution in [0.1, 0.15) is 28.8 Å². The van der Waals surface area contributed by atoms with Crippen molar-refractivity contribution in [3.05, 3.63) is 71.8 Å². The van der Waals surface area contributed by atoms with E-state index in [1.807, 2.05) is 30.3 Å². The first-order valence-electron chi connectivity index (χ1n) is 9.44. The molecule has 1 heterocycles. The predicted octanol–water partition coefficient (Wildman–Crippen LogP) is 1.72. The van der Waals surface area contributed by atoms with Gasteiger partial charge in [0.15, 0.2) is 6.61 Å². The van der Waals surface area contributed by atoms with Crippen LogP contribution in [0.2, 0.25) is 0 Å². The SMILES string of the molecule is O=C(N[C@H](Cc1ccccc1)C(=O)OCC(=O)N1CCCC1=O)c1ccccc1. The van der Waals surface area contributed by atoms with Crippen molar-refractivity contribution in [1.82, 2.24) is 10.2 Å². The van der Waals surface area contributed by atoms with E-state index in [2.05, 4.69) is 5.32 Å². The Balaban J connectivity index is 1.66. The number of nitrogens with zero attached hydrogens (tertiary/aromatic N) is 1. The molecule has 0 radical (unpaired) electrons. The fourth-order valence-electron chi connectivity index (χ4n) is 3.10. The molecule has 1 aliphatic rings. The van der Waals surface area contributed by atoms with Crippen molar-refractivity contribution in [2.45, 2.75) is 25.3 Å². The maximum absolute atomic E-state index is 12.6. The molecule has 3 rings (SSSR count). The zero-order valence-corrected chi connectivity index (χ0v) is 15.9. The lowest BCUT2D eigenvalue weighted by atomic mass is 10.1. The summed E-state index contributed by atoms with van der Waals surface area (Å²) in [4.78, 5) is 50.0. The number of imide groups is 1. The van der Waals surface area contributed by atoms with Gasteiger partial charge < -0.3 is 10.1 Å². The minimum absolute atomic E-state index is 0.217. The van der Waals surface area contributed by atoms with Crippen LogP contribution < -0.4 is 5.32 Å². The quantitative estimate of drug-likeness (QED) is 0.722. The van der Waals surface area contributed by atoms with Crippen molar-refractivity contribution < 1.29 is 23.9 Å². The average molecular weight is 394 g/mol. The molecule has 0 unspecified atom stereocenters. The zero-order valence-electron chi connectivity index (χ0n) is 15.9. The van der Waals surface area contributed by atoms with Gasteiger partial charge in [0.25, 0.3) is 11.8 Å². The third kappa shape index (κ3) is 5.51. The number of amides is 3. The molecular formula is C22H22N2O5. The van der Waals surface area contributed by atoms with Crippen LogP contribution in [-0.4, -0.2) is 47.8 Å². The van der Waals surface area contributed by atoms with Crippen molar-refractivity contribution in [3.63, 3.8) is 0 Å². The fraction of sp³-hybridized carbons (Fsp3) is 0.273. The topological polar surface area (TPSA) is 92.8 Å². The first-order chi connectivity index (χ1) is 14.0. The monoisotopic (exact) mass is 394 g/mol. The first kappa shape index (κ1) is 20.3. The molecule has 1 aliphatic heterocycles. The Kier molecular flexibility index (Phi) is 6.73. The number of ether oxygens (including phenoxy) is 1. The van der Waals surface area contributed by atoms with Crippen molar-refractivity contribution in [1.29, 1.82) is 0 Å². The summed E-state index contributed by atoms with van der Waals surface area (Å²) in [5, 5.41) is 2.68. The van der Waals surface area contributed by atoms with Crippen molar-refractivity contribution in [2.75, 3.05) is 13.2 Å². The van der Waals surface area contributed by atoms with E-state index in [4.69, 9.17) is 4.74 Å². The van der Waals surface area contributed by atoms with E-state index in [0.717, 1.165) is 10.5 Å². The molecule has 29 heavy (non-hydrogen) atoms. The lowest BCUT2D eigenvalue weighted by Crippen LogP contribution is -2.44. The second-order valence-electron chi connectivity index (χ2n) is 6.73. The summed E-state index contributed by atoms with van der Waals surface area (Å²) >= 11 is 0. The van der Waals surface area contributed by atoms with Crippen LogP contribution in [0.4, 0.5) is 0 Å². The largest absolute Gasteiger partial charge is 0.454 e. The molecule has 1 fully saturated rings. The molecule has 7 nitrogen and oxygen atoms in total. The number of carbonyl (C=O) groups excluding carboxylic acids is 4. The van der Waals surface area contributed by atoms with E-state index in [9.17, 15) is 19.2 Å². The second-order valence-corrected chi connectivity index (χ2v) is 6.73. The average Bonchev–Trinajstić information content (AvgIpc) is 3.18. The van der Waals surface area contributed by atoms with Crippen LogP contribution in [0.3, 0.4) is 0 Å². The molecule has 0 spiro atoms. The maximum Gasteiger partial charge on any atom is 0.329 e. The number of likely N-dealkylation sites (tertiary alicyclic amines) is 1. The fourth-order valence-corrected chi connectivity index (χ4v) is 3.10. The summed E-state index contributed by atoms with van der Waals surface area (Å²) in [6.45, 7) is -0.190. The Morgan fingerprint density at radius 1 is 1.00 bits per heavy atom. The first-order valence-corrected chi connectivity index (χ1v) is 9.44. The van der Waals surface area contributed by atoms with Crippen molar-refractivity contribution >= 4 is 23.7 Å². The van der Waals surface area contributed by atoms with Gasteiger partial charge in [0, 0.05) is 24.9 Å². The molecule has 3 amide bonds. The highest BCUT2D eigenvalue weighted by atomic mass is 16.5. The number of rotatable bonds is 7. The van der Waals surface area contributed by atoms with E-state index in [0.29, 0.717) is 24.9 Å². The van der Waals surface area contributed by atoms with E-state index >= 15 is 0 Å². The van der Waals surface area contributed by atoms with Crippen LogP contribution in [0.5, 0.6) is 0 Å². The summed E-state index contributed by atoms with van der Waals surface area (Å²) in [6, 6.07) is 16.8. The molecule has 0 aromatic heterocycles. The van der Waals surface area contributed by atoms with Gasteiger partial charge in [-0.25, -0.2) is 4.79 Å². The van der Waals surface area contributed by atoms with Crippen molar-refractivity contribution in [2.24, 2.45) is 0 Å². The normalized spacial score (nSPS) is 14.3. The molecule has 2 aromatic rings. The van der Waals surface area contributed by atoms with Crippen LogP contribution in [0.15, 0.2) is 60.7 Å². The Morgan fingerprint density at radius 3 is 2.28 bits per heavy atom. The lowest BCUT2D eigenvalue weighted by Gasteiger charge is -2.19. The van der Waals surface area contributed by atoms with E-state index in [-0.39, 0.29) is 12.3 Å². The van der Waals surface area contributed by atoms with Gasteiger partial charge in [0.2, 0.25) is 5.91 Å². The Labute approximate surface area is 168 Å². The van der Waals surface area contributed by atoms with Gasteiger partial charge >= 0.3 is 5.97 Å². The van der Waals surface area contributed by atoms with Crippen molar-refractivity contribution in [3.8, 4) is 0 Å². The Morgan fingerprint density at radius 2 is 1.66 bits per heavy atom. The van der Waals surface area contributed by atoms with Crippen LogP contribution >= 0.6 is 0 Å². The summed E-state index contributed by atoms with van der Waals surface area (Å²) in [7, 11) is 0. The number of benzene rings is 2. The molecule has 1 saturated heterocycles. The number of carbonyl (C=O) groups is 4. The summed E-state index contributed by atoms with van der Waals surface area (Å²) in [5.74, 6) is -1.94. The standard InChI is InChI=1S/C22H22N2O5/c25-19-12-7-13-24(19)20(26)15-29-22(28)18(14-16-8-3-1-4-9-16)23-21(27)17-10-5-2-6-11-17/h1-6,8-11,18H,7,12-15H2,(H,23,27)/t18-/m1/s1. The number of hydrogen-bond donors (Lipinski definition) is 1. The molecule has 1 atom stereocenters. The molecule has 150 valence electrons. The molecule has 1 N–H and O–H groups in total. The summed E-state index contributed by atoms with van der Waals surface area (Å²) < 4.78 is 5.14. The number of hydrogen-bond acceptors (Lipinski definition) is 5. The number of esters is 1. The number of nitrogens with one attached hydrogen (secondary N) is 1. The van der Waals surface area contributed by atoms with E-state index < -0.39 is 30.4 Å². The van der Waals surface area contributed by atoms with Crippen LogP contribution in [-0.2, 0) is 25.5 Å². The van der Waals surface area contributed by atoms with Crippen LogP contribution in [0.25, 0.3) is 0 Å². The highest BCUT2D eigenvalue weighted by Gasteiger charge is 2.29. The summed E-state index contributed by atoms with van der Waals surface area (Å²) in [6.07, 6.45) is 1.15. The third-order valence-electron chi connectivity index (χ3n) is 4.62. The molecule has 7 heteroatoms. The molecule has 0 bridgehead atoms. The minimum Gasteiger partial charge on any atom is -0.454 e. The predicted molar refractivity (Wildman–Crippen MR) is 105 cm³/mol. The van der Waals surface area contributed by atoms with Gasteiger partial charge in [-0.1, -0.05) is 48.5 Å². The van der Waals surface area contributed by atoms with Crippen LogP contribution in [0, 0.1) is 0 Å². The zero-order chi connectivity index (χ0) is 20.6. The Bertz CT molecular complexity index is 883. The Hall–Kier alpha value is -3.48. The second kappa shape index (κ2) is 9.64. The van der Waals surface area contributed by atoms with Gasteiger partial charge in [0.05, 0.1) is 0 Å². The molecule has 2 aromatic carbocycles. The highest BCUT2D eigenvalue weighted by Crippen LogP contribution is 2.11. The van der Waals surface area contributed by atoms with Gasteiger partial charge in [-0.05, 0) is 24.1 Å². The van der Waals surface area contributed by atoms with Gasteiger partial charge in [-0.15, -0.1) is 0 Å². The molecular weight excluding hydrogens is 372 g/mol.